The summed E-state index contributed by atoms with van der Waals surface area (Å²) in [6, 6.07) is 4.05. The summed E-state index contributed by atoms with van der Waals surface area (Å²) in [5.41, 5.74) is 9.51. The van der Waals surface area contributed by atoms with Crippen molar-refractivity contribution in [3.05, 3.63) is 22.7 Å². The lowest BCUT2D eigenvalue weighted by Gasteiger charge is -2.02. The third-order valence-electron chi connectivity index (χ3n) is 2.21. The fraction of sp³-hybridized carbons (Fsp3) is 0.100. The molecule has 0 amide bonds. The maximum absolute atomic E-state index is 6.10. The maximum atomic E-state index is 6.10. The molecule has 0 atom stereocenters. The fourth-order valence-corrected chi connectivity index (χ4v) is 3.96. The zero-order valence-electron chi connectivity index (χ0n) is 8.88. The van der Waals surface area contributed by atoms with Gasteiger partial charge in [-0.15, -0.1) is 21.5 Å². The van der Waals surface area contributed by atoms with E-state index in [9.17, 15) is 0 Å². The van der Waals surface area contributed by atoms with Gasteiger partial charge in [-0.3, -0.25) is 0 Å². The van der Waals surface area contributed by atoms with Crippen LogP contribution in [0.2, 0.25) is 0 Å². The number of aromatic nitrogens is 3. The van der Waals surface area contributed by atoms with E-state index in [0.717, 1.165) is 30.1 Å². The molecule has 0 bridgehead atoms. The van der Waals surface area contributed by atoms with Crippen molar-refractivity contribution in [3.63, 3.8) is 0 Å². The van der Waals surface area contributed by atoms with Crippen LogP contribution in [0, 0.1) is 6.92 Å². The predicted molar refractivity (Wildman–Crippen MR) is 72.8 cm³/mol. The first-order valence-corrected chi connectivity index (χ1v) is 7.35. The first-order chi connectivity index (χ1) is 8.24. The minimum atomic E-state index is 0.724. The number of benzene rings is 1. The van der Waals surface area contributed by atoms with Crippen molar-refractivity contribution in [2.24, 2.45) is 0 Å². The lowest BCUT2D eigenvalue weighted by Crippen LogP contribution is -1.89. The molecule has 3 rings (SSSR count). The van der Waals surface area contributed by atoms with Crippen molar-refractivity contribution in [2.45, 2.75) is 16.2 Å². The van der Waals surface area contributed by atoms with Crippen LogP contribution < -0.4 is 5.73 Å². The molecule has 3 aromatic rings. The Kier molecular flexibility index (Phi) is 2.73. The molecule has 0 aliphatic rings. The third kappa shape index (κ3) is 2.01. The number of anilines is 1. The van der Waals surface area contributed by atoms with Gasteiger partial charge in [-0.2, -0.15) is 0 Å². The summed E-state index contributed by atoms with van der Waals surface area (Å²) in [6.45, 7) is 1.94. The van der Waals surface area contributed by atoms with Crippen molar-refractivity contribution < 1.29 is 0 Å². The monoisotopic (exact) mass is 280 g/mol. The molecule has 0 fully saturated rings. The first-order valence-electron chi connectivity index (χ1n) is 4.83. The van der Waals surface area contributed by atoms with Gasteiger partial charge >= 0.3 is 0 Å². The highest BCUT2D eigenvalue weighted by Gasteiger charge is 2.10. The summed E-state index contributed by atoms with van der Waals surface area (Å²) < 4.78 is 2.02. The molecule has 1 aromatic carbocycles. The Morgan fingerprint density at radius 2 is 2.18 bits per heavy atom. The second kappa shape index (κ2) is 4.25. The highest BCUT2D eigenvalue weighted by molar-refractivity contribution is 8.01. The van der Waals surface area contributed by atoms with E-state index in [1.807, 2.05) is 24.6 Å². The molecule has 4 nitrogen and oxygen atoms in total. The van der Waals surface area contributed by atoms with Gasteiger partial charge in [0.05, 0.1) is 15.9 Å². The molecular formula is C10H8N4S3. The average Bonchev–Trinajstić information content (AvgIpc) is 2.92. The molecule has 0 radical (unpaired) electrons. The normalized spacial score (nSPS) is 11.1. The van der Waals surface area contributed by atoms with E-state index < -0.39 is 0 Å². The summed E-state index contributed by atoms with van der Waals surface area (Å²) in [4.78, 5) is 5.26. The van der Waals surface area contributed by atoms with E-state index in [1.54, 1.807) is 22.7 Å². The number of rotatable bonds is 2. The van der Waals surface area contributed by atoms with E-state index in [0.29, 0.717) is 0 Å². The van der Waals surface area contributed by atoms with Crippen molar-refractivity contribution >= 4 is 50.3 Å². The summed E-state index contributed by atoms with van der Waals surface area (Å²) in [5, 5.41) is 9.03. The van der Waals surface area contributed by atoms with Gasteiger partial charge in [0.1, 0.15) is 10.5 Å². The number of hydrogen-bond donors (Lipinski definition) is 1. The lowest BCUT2D eigenvalue weighted by atomic mass is 10.3. The standard InChI is InChI=1S/C10H8N4S3/c1-5-13-14-10(16-5)17-6-2-3-7-9(8(6)11)12-4-15-7/h2-4H,11H2,1H3. The number of nitrogen functional groups attached to an aromatic ring is 1. The molecule has 0 aliphatic carbocycles. The number of hydrogen-bond acceptors (Lipinski definition) is 7. The van der Waals surface area contributed by atoms with Gasteiger partial charge in [-0.25, -0.2) is 4.98 Å². The molecule has 0 saturated heterocycles. The second-order valence-electron chi connectivity index (χ2n) is 3.37. The van der Waals surface area contributed by atoms with Gasteiger partial charge in [0, 0.05) is 4.90 Å². The molecule has 2 N–H and O–H groups in total. The maximum Gasteiger partial charge on any atom is 0.179 e. The largest absolute Gasteiger partial charge is 0.396 e. The topological polar surface area (TPSA) is 64.7 Å². The Bertz CT molecular complexity index is 673. The van der Waals surface area contributed by atoms with Crippen LogP contribution in [0.5, 0.6) is 0 Å². The Balaban J connectivity index is 2.02. The number of fused-ring (bicyclic) bond motifs is 1. The van der Waals surface area contributed by atoms with Crippen molar-refractivity contribution in [2.75, 3.05) is 5.73 Å². The zero-order chi connectivity index (χ0) is 11.8. The van der Waals surface area contributed by atoms with E-state index in [2.05, 4.69) is 15.2 Å². The Morgan fingerprint density at radius 3 is 2.94 bits per heavy atom. The number of nitrogens with two attached hydrogens (primary N) is 1. The fourth-order valence-electron chi connectivity index (χ4n) is 1.44. The van der Waals surface area contributed by atoms with Gasteiger partial charge in [-0.1, -0.05) is 23.1 Å². The van der Waals surface area contributed by atoms with Crippen LogP contribution in [0.3, 0.4) is 0 Å². The number of aryl methyl sites for hydroxylation is 1. The minimum Gasteiger partial charge on any atom is -0.396 e. The molecule has 0 unspecified atom stereocenters. The molecule has 2 heterocycles. The van der Waals surface area contributed by atoms with Gasteiger partial charge in [0.15, 0.2) is 4.34 Å². The molecular weight excluding hydrogens is 272 g/mol. The molecule has 0 aliphatic heterocycles. The van der Waals surface area contributed by atoms with Crippen molar-refractivity contribution in [3.8, 4) is 0 Å². The summed E-state index contributed by atoms with van der Waals surface area (Å²) in [6.07, 6.45) is 0. The first kappa shape index (κ1) is 10.9. The lowest BCUT2D eigenvalue weighted by molar-refractivity contribution is 0.984. The highest BCUT2D eigenvalue weighted by Crippen LogP contribution is 2.37. The van der Waals surface area contributed by atoms with Crippen LogP contribution in [0.25, 0.3) is 10.2 Å². The highest BCUT2D eigenvalue weighted by atomic mass is 32.2. The Hall–Kier alpha value is -1.18. The average molecular weight is 280 g/mol. The number of nitrogens with zero attached hydrogens (tertiary/aromatic N) is 3. The Morgan fingerprint density at radius 1 is 1.29 bits per heavy atom. The second-order valence-corrected chi connectivity index (χ2v) is 6.72. The van der Waals surface area contributed by atoms with E-state index in [-0.39, 0.29) is 0 Å². The minimum absolute atomic E-state index is 0.724. The van der Waals surface area contributed by atoms with E-state index in [4.69, 9.17) is 5.73 Å². The summed E-state index contributed by atoms with van der Waals surface area (Å²) in [5.74, 6) is 0. The van der Waals surface area contributed by atoms with Crippen LogP contribution in [-0.2, 0) is 0 Å². The van der Waals surface area contributed by atoms with Crippen molar-refractivity contribution in [1.82, 2.24) is 15.2 Å². The van der Waals surface area contributed by atoms with Gasteiger partial charge in [0.2, 0.25) is 0 Å². The molecule has 2 aromatic heterocycles. The third-order valence-corrected chi connectivity index (χ3v) is 4.97. The molecule has 0 spiro atoms. The van der Waals surface area contributed by atoms with Gasteiger partial charge in [0.25, 0.3) is 0 Å². The Labute approximate surface area is 110 Å². The summed E-state index contributed by atoms with van der Waals surface area (Å²) >= 11 is 4.70. The number of thiazole rings is 1. The molecule has 7 heteroatoms. The van der Waals surface area contributed by atoms with Crippen LogP contribution in [0.4, 0.5) is 5.69 Å². The van der Waals surface area contributed by atoms with Crippen LogP contribution >= 0.6 is 34.4 Å². The van der Waals surface area contributed by atoms with Crippen LogP contribution in [-0.4, -0.2) is 15.2 Å². The van der Waals surface area contributed by atoms with Gasteiger partial charge in [-0.05, 0) is 19.1 Å². The SMILES string of the molecule is Cc1nnc(Sc2ccc3scnc3c2N)s1. The quantitative estimate of drug-likeness (QED) is 0.730. The summed E-state index contributed by atoms with van der Waals surface area (Å²) in [7, 11) is 0. The van der Waals surface area contributed by atoms with Crippen LogP contribution in [0.1, 0.15) is 5.01 Å². The van der Waals surface area contributed by atoms with Crippen molar-refractivity contribution in [1.29, 1.82) is 0 Å². The molecule has 17 heavy (non-hydrogen) atoms. The smallest absolute Gasteiger partial charge is 0.179 e. The van der Waals surface area contributed by atoms with Gasteiger partial charge < -0.3 is 5.73 Å². The molecule has 86 valence electrons. The van der Waals surface area contributed by atoms with E-state index in [1.165, 1.54) is 11.8 Å². The molecule has 0 saturated carbocycles. The zero-order valence-corrected chi connectivity index (χ0v) is 11.3. The van der Waals surface area contributed by atoms with Crippen LogP contribution in [0.15, 0.2) is 26.9 Å². The van der Waals surface area contributed by atoms with E-state index >= 15 is 0 Å². The predicted octanol–water partition coefficient (Wildman–Crippen LogP) is 3.19.